The van der Waals surface area contributed by atoms with Gasteiger partial charge < -0.3 is 40.0 Å². The summed E-state index contributed by atoms with van der Waals surface area (Å²) in [4.78, 5) is 54.5. The molecule has 3 atom stereocenters. The number of carboxylic acids is 1. The predicted molar refractivity (Wildman–Crippen MR) is 163 cm³/mol. The zero-order valence-corrected chi connectivity index (χ0v) is 24.4. The van der Waals surface area contributed by atoms with Crippen molar-refractivity contribution in [3.63, 3.8) is 0 Å². The van der Waals surface area contributed by atoms with Crippen molar-refractivity contribution in [2.45, 2.75) is 57.6 Å². The summed E-state index contributed by atoms with van der Waals surface area (Å²) in [5, 5.41) is 35.5. The highest BCUT2D eigenvalue weighted by molar-refractivity contribution is 6.62. The second-order valence-electron chi connectivity index (χ2n) is 11.6. The van der Waals surface area contributed by atoms with Crippen LogP contribution in [0.5, 0.6) is 0 Å². The summed E-state index contributed by atoms with van der Waals surface area (Å²) in [7, 11) is -2.33. The molecule has 0 saturated carbocycles. The molecule has 0 bridgehead atoms. The van der Waals surface area contributed by atoms with Crippen LogP contribution in [-0.2, 0) is 45.1 Å². The van der Waals surface area contributed by atoms with Crippen molar-refractivity contribution in [1.82, 2.24) is 15.5 Å². The van der Waals surface area contributed by atoms with E-state index in [1.165, 1.54) is 17.0 Å². The molecule has 3 aliphatic heterocycles. The van der Waals surface area contributed by atoms with Crippen molar-refractivity contribution in [3.05, 3.63) is 94.0 Å². The highest BCUT2D eigenvalue weighted by Crippen LogP contribution is 2.26. The average Bonchev–Trinajstić information content (AvgIpc) is 3.59. The highest BCUT2D eigenvalue weighted by atomic mass is 16.5. The van der Waals surface area contributed by atoms with Crippen LogP contribution in [0.15, 0.2) is 60.7 Å². The molecule has 14 heteroatoms. The van der Waals surface area contributed by atoms with Gasteiger partial charge in [0.25, 0.3) is 11.8 Å². The molecule has 0 aliphatic carbocycles. The van der Waals surface area contributed by atoms with Crippen molar-refractivity contribution >= 4 is 48.9 Å². The summed E-state index contributed by atoms with van der Waals surface area (Å²) in [5.41, 5.74) is 4.62. The van der Waals surface area contributed by atoms with E-state index in [-0.39, 0.29) is 37.3 Å². The first kappa shape index (κ1) is 30.5. The zero-order valence-electron chi connectivity index (χ0n) is 24.4. The van der Waals surface area contributed by atoms with Gasteiger partial charge in [0.05, 0.1) is 25.7 Å². The molecule has 3 aromatic rings. The molecule has 3 heterocycles. The third kappa shape index (κ3) is 6.22. The lowest BCUT2D eigenvalue weighted by molar-refractivity contribution is -0.142. The number of carbonyl (C=O) groups is 4. The summed E-state index contributed by atoms with van der Waals surface area (Å²) in [6, 6.07) is 14.1. The lowest BCUT2D eigenvalue weighted by Gasteiger charge is -2.39. The van der Waals surface area contributed by atoms with Crippen LogP contribution >= 0.6 is 0 Å². The number of nitrogens with zero attached hydrogens (tertiary/aromatic N) is 1. The molecule has 3 aliphatic rings. The van der Waals surface area contributed by atoms with Crippen molar-refractivity contribution in [2.75, 3.05) is 0 Å². The van der Waals surface area contributed by atoms with Gasteiger partial charge in [-0.1, -0.05) is 36.4 Å². The lowest BCUT2D eigenvalue weighted by Crippen LogP contribution is -2.60. The maximum atomic E-state index is 14.3. The van der Waals surface area contributed by atoms with E-state index >= 15 is 0 Å². The van der Waals surface area contributed by atoms with Crippen molar-refractivity contribution in [1.29, 1.82) is 0 Å². The van der Waals surface area contributed by atoms with Crippen LogP contribution in [0.4, 0.5) is 0 Å². The Labute approximate surface area is 259 Å². The van der Waals surface area contributed by atoms with Crippen LogP contribution in [0.2, 0.25) is 0 Å². The minimum atomic E-state index is -1.29. The number of aliphatic carboxylic acids is 1. The Kier molecular flexibility index (Phi) is 8.47. The number of hydrogen-bond acceptors (Lipinski definition) is 8. The topological polar surface area (TPSA) is 175 Å². The van der Waals surface area contributed by atoms with Gasteiger partial charge >= 0.3 is 20.2 Å². The molecule has 45 heavy (non-hydrogen) atoms. The molecule has 0 aromatic heterocycles. The smallest absolute Gasteiger partial charge is 0.481 e. The highest BCUT2D eigenvalue weighted by Gasteiger charge is 2.39. The quantitative estimate of drug-likeness (QED) is 0.210. The molecular formula is C31H31B2N3O9. The number of carbonyl (C=O) groups excluding carboxylic acids is 3. The van der Waals surface area contributed by atoms with Crippen LogP contribution in [0, 0.1) is 0 Å². The van der Waals surface area contributed by atoms with Crippen LogP contribution in [0.3, 0.4) is 0 Å². The maximum Gasteiger partial charge on any atom is 0.491 e. The fourth-order valence-corrected chi connectivity index (χ4v) is 6.12. The lowest BCUT2D eigenvalue weighted by atomic mass is 9.78. The molecule has 0 spiro atoms. The monoisotopic (exact) mass is 611 g/mol. The third-order valence-electron chi connectivity index (χ3n) is 8.60. The minimum Gasteiger partial charge on any atom is -0.481 e. The molecule has 3 aromatic carbocycles. The number of hydrogen-bond donors (Lipinski definition) is 5. The molecule has 12 nitrogen and oxygen atoms in total. The summed E-state index contributed by atoms with van der Waals surface area (Å²) >= 11 is 0. The van der Waals surface area contributed by atoms with Crippen LogP contribution < -0.4 is 21.6 Å². The average molecular weight is 611 g/mol. The van der Waals surface area contributed by atoms with Gasteiger partial charge in [-0.2, -0.15) is 0 Å². The van der Waals surface area contributed by atoms with Gasteiger partial charge in [-0.05, 0) is 70.8 Å². The SMILES string of the molecule is C[C@H](NC(=O)c1ccc2c(c1)B(O)OC2)[C@H](NC(=O)c1ccc2c(c1)B(O)OC2)C(=O)N1Cc2ccccc2C[C@@H]1CC(=O)O. The number of nitrogens with one attached hydrogen (secondary N) is 2. The second-order valence-corrected chi connectivity index (χ2v) is 11.6. The predicted octanol–water partition coefficient (Wildman–Crippen LogP) is -0.533. The number of rotatable bonds is 8. The van der Waals surface area contributed by atoms with E-state index in [4.69, 9.17) is 9.31 Å². The van der Waals surface area contributed by atoms with Crippen molar-refractivity contribution in [3.8, 4) is 0 Å². The Morgan fingerprint density at radius 3 is 1.98 bits per heavy atom. The van der Waals surface area contributed by atoms with Crippen LogP contribution in [0.1, 0.15) is 56.3 Å². The normalized spacial score (nSPS) is 18.0. The molecule has 5 N–H and O–H groups in total. The summed E-state index contributed by atoms with van der Waals surface area (Å²) < 4.78 is 10.5. The number of carboxylic acid groups (broad SMARTS) is 1. The fourth-order valence-electron chi connectivity index (χ4n) is 6.12. The first-order valence-electron chi connectivity index (χ1n) is 14.6. The maximum absolute atomic E-state index is 14.3. The van der Waals surface area contributed by atoms with E-state index in [2.05, 4.69) is 10.6 Å². The van der Waals surface area contributed by atoms with Crippen LogP contribution in [0.25, 0.3) is 0 Å². The zero-order chi connectivity index (χ0) is 31.8. The Bertz CT molecular complexity index is 1690. The van der Waals surface area contributed by atoms with E-state index < -0.39 is 56.1 Å². The molecule has 3 amide bonds. The Morgan fingerprint density at radius 2 is 1.40 bits per heavy atom. The molecule has 0 unspecified atom stereocenters. The number of fused-ring (bicyclic) bond motifs is 3. The standard InChI is InChI=1S/C31H31B2N3O9/c1-17(34-29(39)19-6-8-22-15-44-32(42)25(22)11-19)28(35-30(40)20-7-9-23-16-45-33(43)26(23)12-20)31(41)36-14-21-5-3-2-4-18(21)10-24(36)13-27(37)38/h2-9,11-12,17,24,28,42-43H,10,13-16H2,1H3,(H,34,39)(H,35,40)(H,37,38)/t17-,24+,28-/m0/s1. The summed E-state index contributed by atoms with van der Waals surface area (Å²) in [6.07, 6.45) is 0.0154. The number of amides is 3. The van der Waals surface area contributed by atoms with Crippen molar-refractivity contribution in [2.24, 2.45) is 0 Å². The van der Waals surface area contributed by atoms with Gasteiger partial charge in [0, 0.05) is 23.7 Å². The minimum absolute atomic E-state index is 0.130. The van der Waals surface area contributed by atoms with E-state index in [1.54, 1.807) is 31.2 Å². The molecular weight excluding hydrogens is 580 g/mol. The Balaban J connectivity index is 1.29. The van der Waals surface area contributed by atoms with Crippen molar-refractivity contribution < 1.29 is 43.6 Å². The Morgan fingerprint density at radius 1 is 0.844 bits per heavy atom. The van der Waals surface area contributed by atoms with E-state index in [9.17, 15) is 34.3 Å². The van der Waals surface area contributed by atoms with E-state index in [1.807, 2.05) is 24.3 Å². The van der Waals surface area contributed by atoms with Gasteiger partial charge in [0.1, 0.15) is 6.04 Å². The first-order valence-corrected chi connectivity index (χ1v) is 14.6. The molecule has 0 saturated heterocycles. The molecule has 6 rings (SSSR count). The fraction of sp³-hybridized carbons (Fsp3) is 0.290. The Hall–Kier alpha value is -4.49. The van der Waals surface area contributed by atoms with E-state index in [0.717, 1.165) is 22.3 Å². The number of benzene rings is 3. The third-order valence-corrected chi connectivity index (χ3v) is 8.60. The van der Waals surface area contributed by atoms with Crippen LogP contribution in [-0.4, -0.2) is 76.1 Å². The second kappa shape index (κ2) is 12.5. The summed E-state index contributed by atoms with van der Waals surface area (Å²) in [6.45, 7) is 2.14. The largest absolute Gasteiger partial charge is 0.491 e. The van der Waals surface area contributed by atoms with Gasteiger partial charge in [-0.25, -0.2) is 0 Å². The summed E-state index contributed by atoms with van der Waals surface area (Å²) in [5.74, 6) is -2.79. The molecule has 0 fully saturated rings. The first-order chi connectivity index (χ1) is 21.6. The molecule has 0 radical (unpaired) electrons. The molecule has 230 valence electrons. The van der Waals surface area contributed by atoms with Gasteiger partial charge in [-0.3, -0.25) is 19.2 Å². The van der Waals surface area contributed by atoms with Gasteiger partial charge in [-0.15, -0.1) is 0 Å². The van der Waals surface area contributed by atoms with Gasteiger partial charge in [0.15, 0.2) is 0 Å². The van der Waals surface area contributed by atoms with E-state index in [0.29, 0.717) is 17.3 Å². The van der Waals surface area contributed by atoms with Gasteiger partial charge in [0.2, 0.25) is 5.91 Å².